The van der Waals surface area contributed by atoms with Crippen molar-refractivity contribution < 1.29 is 9.59 Å². The number of fused-ring (bicyclic) bond motifs is 1. The highest BCUT2D eigenvalue weighted by atomic mass is 16.2. The second kappa shape index (κ2) is 5.74. The lowest BCUT2D eigenvalue weighted by Gasteiger charge is -2.48. The van der Waals surface area contributed by atoms with E-state index in [4.69, 9.17) is 0 Å². The third kappa shape index (κ3) is 2.57. The number of piperidine rings is 2. The maximum Gasteiger partial charge on any atom is 0.226 e. The summed E-state index contributed by atoms with van der Waals surface area (Å²) in [5, 5.41) is 2.83. The predicted molar refractivity (Wildman–Crippen MR) is 77.0 cm³/mol. The average Bonchev–Trinajstić information content (AvgIpc) is 2.46. The fourth-order valence-corrected chi connectivity index (χ4v) is 4.54. The lowest BCUT2D eigenvalue weighted by atomic mass is 9.72. The minimum atomic E-state index is -0.0726. The molecule has 4 nitrogen and oxygen atoms in total. The van der Waals surface area contributed by atoms with E-state index in [9.17, 15) is 9.59 Å². The molecule has 4 heteroatoms. The summed E-state index contributed by atoms with van der Waals surface area (Å²) in [6, 6.07) is 0.440. The van der Waals surface area contributed by atoms with E-state index in [1.165, 1.54) is 25.7 Å². The second-order valence-corrected chi connectivity index (χ2v) is 6.87. The van der Waals surface area contributed by atoms with Crippen LogP contribution < -0.4 is 5.32 Å². The molecule has 20 heavy (non-hydrogen) atoms. The van der Waals surface area contributed by atoms with E-state index in [-0.39, 0.29) is 17.7 Å². The summed E-state index contributed by atoms with van der Waals surface area (Å²) < 4.78 is 0. The predicted octanol–water partition coefficient (Wildman–Crippen LogP) is 1.94. The van der Waals surface area contributed by atoms with Crippen molar-refractivity contribution >= 4 is 11.8 Å². The summed E-state index contributed by atoms with van der Waals surface area (Å²) in [6.07, 6.45) is 7.46. The van der Waals surface area contributed by atoms with Crippen LogP contribution in [0, 0.1) is 17.8 Å². The minimum Gasteiger partial charge on any atom is -0.356 e. The fraction of sp³-hybridized carbons (Fsp3) is 0.875. The van der Waals surface area contributed by atoms with Crippen molar-refractivity contribution in [3.8, 4) is 0 Å². The van der Waals surface area contributed by atoms with Gasteiger partial charge in [-0.3, -0.25) is 9.59 Å². The highest BCUT2D eigenvalue weighted by Crippen LogP contribution is 2.39. The van der Waals surface area contributed by atoms with Crippen molar-refractivity contribution in [2.45, 2.75) is 57.9 Å². The van der Waals surface area contributed by atoms with Gasteiger partial charge in [-0.25, -0.2) is 0 Å². The first kappa shape index (κ1) is 13.9. The van der Waals surface area contributed by atoms with Crippen molar-refractivity contribution in [1.29, 1.82) is 0 Å². The fourth-order valence-electron chi connectivity index (χ4n) is 4.54. The standard InChI is InChI=1S/C16H26N2O2/c1-11-4-2-5-12-6-3-9-18(15(11)12)16(20)13-7-8-17-14(19)10-13/h11-13,15H,2-10H2,1H3,(H,17,19). The Kier molecular flexibility index (Phi) is 3.99. The van der Waals surface area contributed by atoms with Gasteiger partial charge >= 0.3 is 0 Å². The zero-order valence-corrected chi connectivity index (χ0v) is 12.4. The number of hydrogen-bond donors (Lipinski definition) is 1. The molecule has 0 radical (unpaired) electrons. The largest absolute Gasteiger partial charge is 0.356 e. The number of nitrogens with zero attached hydrogens (tertiary/aromatic N) is 1. The van der Waals surface area contributed by atoms with Gasteiger partial charge in [0.25, 0.3) is 0 Å². The maximum atomic E-state index is 12.8. The van der Waals surface area contributed by atoms with Gasteiger partial charge < -0.3 is 10.2 Å². The number of hydrogen-bond acceptors (Lipinski definition) is 2. The van der Waals surface area contributed by atoms with Crippen LogP contribution in [0.4, 0.5) is 0 Å². The SMILES string of the molecule is CC1CCCC2CCCN(C(=O)C3CCNC(=O)C3)C12. The molecule has 0 aromatic carbocycles. The molecule has 0 spiro atoms. The van der Waals surface area contributed by atoms with Crippen LogP contribution in [-0.2, 0) is 9.59 Å². The number of nitrogens with one attached hydrogen (secondary N) is 1. The van der Waals surface area contributed by atoms with Crippen LogP contribution in [0.1, 0.15) is 51.9 Å². The van der Waals surface area contributed by atoms with E-state index >= 15 is 0 Å². The smallest absolute Gasteiger partial charge is 0.226 e. The van der Waals surface area contributed by atoms with Crippen molar-refractivity contribution in [2.24, 2.45) is 17.8 Å². The molecule has 3 fully saturated rings. The van der Waals surface area contributed by atoms with E-state index in [1.807, 2.05) is 0 Å². The Hall–Kier alpha value is -1.06. The van der Waals surface area contributed by atoms with Crippen LogP contribution in [0.2, 0.25) is 0 Å². The zero-order chi connectivity index (χ0) is 14.1. The Labute approximate surface area is 121 Å². The Morgan fingerprint density at radius 3 is 2.80 bits per heavy atom. The van der Waals surface area contributed by atoms with Gasteiger partial charge in [-0.15, -0.1) is 0 Å². The third-order valence-corrected chi connectivity index (χ3v) is 5.51. The van der Waals surface area contributed by atoms with Gasteiger partial charge in [0.1, 0.15) is 0 Å². The first-order valence-corrected chi connectivity index (χ1v) is 8.24. The molecule has 0 aromatic heterocycles. The van der Waals surface area contributed by atoms with E-state index in [0.717, 1.165) is 19.4 Å². The molecule has 2 heterocycles. The lowest BCUT2D eigenvalue weighted by Crippen LogP contribution is -2.55. The van der Waals surface area contributed by atoms with Crippen LogP contribution in [0.15, 0.2) is 0 Å². The van der Waals surface area contributed by atoms with Crippen LogP contribution in [0.5, 0.6) is 0 Å². The minimum absolute atomic E-state index is 0.0415. The van der Waals surface area contributed by atoms with Gasteiger partial charge in [-0.05, 0) is 43.9 Å². The lowest BCUT2D eigenvalue weighted by molar-refractivity contribution is -0.147. The van der Waals surface area contributed by atoms with Gasteiger partial charge in [0, 0.05) is 31.5 Å². The first-order valence-electron chi connectivity index (χ1n) is 8.24. The summed E-state index contributed by atoms with van der Waals surface area (Å²) >= 11 is 0. The van der Waals surface area contributed by atoms with E-state index in [2.05, 4.69) is 17.1 Å². The van der Waals surface area contributed by atoms with Crippen molar-refractivity contribution in [1.82, 2.24) is 10.2 Å². The molecule has 0 aromatic rings. The quantitative estimate of drug-likeness (QED) is 0.797. The van der Waals surface area contributed by atoms with Crippen LogP contribution in [0.3, 0.4) is 0 Å². The number of carbonyl (C=O) groups is 2. The molecule has 4 unspecified atom stereocenters. The first-order chi connectivity index (χ1) is 9.66. The summed E-state index contributed by atoms with van der Waals surface area (Å²) in [6.45, 7) is 3.87. The van der Waals surface area contributed by atoms with Gasteiger partial charge in [-0.2, -0.15) is 0 Å². The number of carbonyl (C=O) groups excluding carboxylic acids is 2. The number of rotatable bonds is 1. The van der Waals surface area contributed by atoms with Gasteiger partial charge in [0.05, 0.1) is 0 Å². The Morgan fingerprint density at radius 2 is 2.00 bits per heavy atom. The average molecular weight is 278 g/mol. The second-order valence-electron chi connectivity index (χ2n) is 6.87. The van der Waals surface area contributed by atoms with Crippen molar-refractivity contribution in [2.75, 3.05) is 13.1 Å². The van der Waals surface area contributed by atoms with Crippen LogP contribution in [-0.4, -0.2) is 35.8 Å². The van der Waals surface area contributed by atoms with Gasteiger partial charge in [0.2, 0.25) is 11.8 Å². The van der Waals surface area contributed by atoms with E-state index < -0.39 is 0 Å². The Morgan fingerprint density at radius 1 is 1.20 bits per heavy atom. The van der Waals surface area contributed by atoms with Gasteiger partial charge in [-0.1, -0.05) is 13.3 Å². The Bertz CT molecular complexity index is 394. The molecule has 112 valence electrons. The molecule has 1 N–H and O–H groups in total. The van der Waals surface area contributed by atoms with Crippen LogP contribution >= 0.6 is 0 Å². The summed E-state index contributed by atoms with van der Waals surface area (Å²) in [7, 11) is 0. The highest BCUT2D eigenvalue weighted by Gasteiger charge is 2.41. The molecule has 1 saturated carbocycles. The molecular weight excluding hydrogens is 252 g/mol. The maximum absolute atomic E-state index is 12.8. The molecule has 2 amide bonds. The summed E-state index contributed by atoms with van der Waals surface area (Å²) in [5.74, 6) is 1.55. The van der Waals surface area contributed by atoms with Crippen molar-refractivity contribution in [3.63, 3.8) is 0 Å². The highest BCUT2D eigenvalue weighted by molar-refractivity contribution is 5.87. The number of amides is 2. The molecule has 4 atom stereocenters. The monoisotopic (exact) mass is 278 g/mol. The molecule has 2 aliphatic heterocycles. The Balaban J connectivity index is 1.73. The molecular formula is C16H26N2O2. The van der Waals surface area contributed by atoms with Gasteiger partial charge in [0.15, 0.2) is 0 Å². The van der Waals surface area contributed by atoms with E-state index in [0.29, 0.717) is 30.8 Å². The molecule has 2 saturated heterocycles. The summed E-state index contributed by atoms with van der Waals surface area (Å²) in [4.78, 5) is 26.5. The number of likely N-dealkylation sites (tertiary alicyclic amines) is 1. The van der Waals surface area contributed by atoms with Crippen LogP contribution in [0.25, 0.3) is 0 Å². The molecule has 0 bridgehead atoms. The van der Waals surface area contributed by atoms with Crippen molar-refractivity contribution in [3.05, 3.63) is 0 Å². The van der Waals surface area contributed by atoms with E-state index in [1.54, 1.807) is 0 Å². The normalized spacial score (nSPS) is 38.0. The molecule has 3 aliphatic rings. The topological polar surface area (TPSA) is 49.4 Å². The molecule has 3 rings (SSSR count). The molecule has 1 aliphatic carbocycles. The third-order valence-electron chi connectivity index (χ3n) is 5.51. The zero-order valence-electron chi connectivity index (χ0n) is 12.4. The summed E-state index contributed by atoms with van der Waals surface area (Å²) in [5.41, 5.74) is 0.